The van der Waals surface area contributed by atoms with Crippen molar-refractivity contribution in [3.05, 3.63) is 114 Å². The fraction of sp³-hybridized carbons (Fsp3) is 0.107. The number of hydrogen-bond acceptors (Lipinski definition) is 3. The first kappa shape index (κ1) is 19.1. The number of aryl methyl sites for hydroxylation is 1. The molecule has 0 saturated carbocycles. The number of allylic oxidation sites excluding steroid dienone is 4. The molecule has 0 atom stereocenters. The Morgan fingerprint density at radius 1 is 0.516 bits per heavy atom. The van der Waals surface area contributed by atoms with Crippen LogP contribution in [0.5, 0.6) is 0 Å². The first-order valence-corrected chi connectivity index (χ1v) is 10.6. The predicted octanol–water partition coefficient (Wildman–Crippen LogP) is 6.77. The largest absolute Gasteiger partial charge is 0.209 e. The molecule has 0 aliphatic heterocycles. The Hall–Kier alpha value is -3.85. The number of nitrogens with zero attached hydrogens (tertiary/aromatic N) is 3. The highest BCUT2D eigenvalue weighted by molar-refractivity contribution is 5.77. The second-order valence-electron chi connectivity index (χ2n) is 7.74. The van der Waals surface area contributed by atoms with Crippen molar-refractivity contribution in [2.75, 3.05) is 0 Å². The Labute approximate surface area is 182 Å². The molecular formula is C28H23N3. The minimum Gasteiger partial charge on any atom is -0.209 e. The molecule has 0 unspecified atom stereocenters. The van der Waals surface area contributed by atoms with Gasteiger partial charge in [0.15, 0.2) is 17.5 Å². The molecule has 0 amide bonds. The van der Waals surface area contributed by atoms with Gasteiger partial charge in [-0.1, -0.05) is 97.1 Å². The normalized spacial score (nSPS) is 13.5. The standard InChI is InChI=1S/C28H23N3/c1-20-10-8-9-15-25(20)28-30-26(23-13-6-3-7-14-23)29-27(31-28)24-18-16-22(17-19-24)21-11-4-2-5-12-21/h2-16,18H,17,19H2,1H3. The van der Waals surface area contributed by atoms with E-state index in [1.54, 1.807) is 0 Å². The van der Waals surface area contributed by atoms with Crippen LogP contribution >= 0.6 is 0 Å². The third kappa shape index (κ3) is 4.08. The summed E-state index contributed by atoms with van der Waals surface area (Å²) in [5.74, 6) is 2.19. The van der Waals surface area contributed by atoms with Crippen LogP contribution in [0.25, 0.3) is 33.9 Å². The lowest BCUT2D eigenvalue weighted by Crippen LogP contribution is -2.05. The highest BCUT2D eigenvalue weighted by atomic mass is 15.0. The fourth-order valence-electron chi connectivity index (χ4n) is 3.90. The van der Waals surface area contributed by atoms with Gasteiger partial charge in [0.1, 0.15) is 0 Å². The first-order valence-electron chi connectivity index (χ1n) is 10.6. The topological polar surface area (TPSA) is 38.7 Å². The van der Waals surface area contributed by atoms with Crippen molar-refractivity contribution in [1.82, 2.24) is 15.0 Å². The molecule has 1 aromatic heterocycles. The van der Waals surface area contributed by atoms with Gasteiger partial charge in [-0.3, -0.25) is 0 Å². The van der Waals surface area contributed by atoms with Crippen LogP contribution in [0.1, 0.15) is 29.8 Å². The Morgan fingerprint density at radius 3 is 1.74 bits per heavy atom. The maximum Gasteiger partial charge on any atom is 0.164 e. The smallest absolute Gasteiger partial charge is 0.164 e. The van der Waals surface area contributed by atoms with E-state index in [9.17, 15) is 0 Å². The molecule has 0 spiro atoms. The molecule has 150 valence electrons. The number of hydrogen-bond donors (Lipinski definition) is 0. The summed E-state index contributed by atoms with van der Waals surface area (Å²) >= 11 is 0. The molecule has 0 N–H and O–H groups in total. The van der Waals surface area contributed by atoms with E-state index in [4.69, 9.17) is 15.0 Å². The second kappa shape index (κ2) is 8.49. The van der Waals surface area contributed by atoms with E-state index in [0.717, 1.165) is 46.8 Å². The third-order valence-corrected chi connectivity index (χ3v) is 5.63. The minimum absolute atomic E-state index is 0.711. The number of rotatable bonds is 4. The molecule has 0 saturated heterocycles. The van der Waals surface area contributed by atoms with Crippen molar-refractivity contribution >= 4 is 11.1 Å². The van der Waals surface area contributed by atoms with Crippen molar-refractivity contribution < 1.29 is 0 Å². The predicted molar refractivity (Wildman–Crippen MR) is 127 cm³/mol. The number of benzene rings is 3. The molecule has 3 heteroatoms. The van der Waals surface area contributed by atoms with Gasteiger partial charge in [-0.2, -0.15) is 0 Å². The van der Waals surface area contributed by atoms with Crippen LogP contribution in [0, 0.1) is 6.92 Å². The van der Waals surface area contributed by atoms with Gasteiger partial charge in [-0.25, -0.2) is 15.0 Å². The Bertz CT molecular complexity index is 1270. The summed E-state index contributed by atoms with van der Waals surface area (Å²) in [5, 5.41) is 0. The monoisotopic (exact) mass is 401 g/mol. The summed E-state index contributed by atoms with van der Waals surface area (Å²) in [6, 6.07) is 28.9. The summed E-state index contributed by atoms with van der Waals surface area (Å²) in [5.41, 5.74) is 6.97. The zero-order valence-electron chi connectivity index (χ0n) is 17.5. The van der Waals surface area contributed by atoms with Gasteiger partial charge in [-0.05, 0) is 42.0 Å². The van der Waals surface area contributed by atoms with Crippen LogP contribution in [0.2, 0.25) is 0 Å². The van der Waals surface area contributed by atoms with Crippen LogP contribution in [-0.2, 0) is 0 Å². The lowest BCUT2D eigenvalue weighted by molar-refractivity contribution is 0.983. The fourth-order valence-corrected chi connectivity index (χ4v) is 3.90. The quantitative estimate of drug-likeness (QED) is 0.378. The van der Waals surface area contributed by atoms with Gasteiger partial charge in [0.2, 0.25) is 0 Å². The van der Waals surface area contributed by atoms with Crippen LogP contribution in [-0.4, -0.2) is 15.0 Å². The molecule has 1 heterocycles. The molecule has 0 bridgehead atoms. The van der Waals surface area contributed by atoms with Gasteiger partial charge in [-0.15, -0.1) is 0 Å². The summed E-state index contributed by atoms with van der Waals surface area (Å²) in [6.45, 7) is 2.09. The van der Waals surface area contributed by atoms with Crippen molar-refractivity contribution in [2.24, 2.45) is 0 Å². The molecular weight excluding hydrogens is 378 g/mol. The molecule has 5 rings (SSSR count). The summed E-state index contributed by atoms with van der Waals surface area (Å²) in [7, 11) is 0. The first-order chi connectivity index (χ1) is 15.3. The lowest BCUT2D eigenvalue weighted by atomic mass is 9.93. The average molecular weight is 402 g/mol. The van der Waals surface area contributed by atoms with Gasteiger partial charge in [0, 0.05) is 11.1 Å². The van der Waals surface area contributed by atoms with Crippen LogP contribution in [0.3, 0.4) is 0 Å². The summed E-state index contributed by atoms with van der Waals surface area (Å²) in [4.78, 5) is 14.6. The minimum atomic E-state index is 0.711. The summed E-state index contributed by atoms with van der Waals surface area (Å²) in [6.07, 6.45) is 6.25. The van der Waals surface area contributed by atoms with Gasteiger partial charge < -0.3 is 0 Å². The Morgan fingerprint density at radius 2 is 1.06 bits per heavy atom. The van der Waals surface area contributed by atoms with Crippen LogP contribution in [0.15, 0.2) is 97.1 Å². The maximum absolute atomic E-state index is 4.89. The molecule has 1 aliphatic rings. The van der Waals surface area contributed by atoms with E-state index < -0.39 is 0 Å². The third-order valence-electron chi connectivity index (χ3n) is 5.63. The van der Waals surface area contributed by atoms with Crippen molar-refractivity contribution in [2.45, 2.75) is 19.8 Å². The van der Waals surface area contributed by atoms with E-state index in [-0.39, 0.29) is 0 Å². The zero-order valence-corrected chi connectivity index (χ0v) is 17.5. The van der Waals surface area contributed by atoms with Crippen LogP contribution < -0.4 is 0 Å². The summed E-state index contributed by atoms with van der Waals surface area (Å²) < 4.78 is 0. The molecule has 0 fully saturated rings. The molecule has 1 aliphatic carbocycles. The van der Waals surface area contributed by atoms with E-state index >= 15 is 0 Å². The van der Waals surface area contributed by atoms with Crippen molar-refractivity contribution in [1.29, 1.82) is 0 Å². The second-order valence-corrected chi connectivity index (χ2v) is 7.74. The highest BCUT2D eigenvalue weighted by Crippen LogP contribution is 2.32. The van der Waals surface area contributed by atoms with Crippen molar-refractivity contribution in [3.8, 4) is 22.8 Å². The molecule has 3 aromatic carbocycles. The van der Waals surface area contributed by atoms with E-state index in [1.807, 2.05) is 42.5 Å². The maximum atomic E-state index is 4.89. The molecule has 3 nitrogen and oxygen atoms in total. The zero-order chi connectivity index (χ0) is 21.0. The van der Waals surface area contributed by atoms with E-state index in [1.165, 1.54) is 11.1 Å². The van der Waals surface area contributed by atoms with Crippen LogP contribution in [0.4, 0.5) is 0 Å². The lowest BCUT2D eigenvalue weighted by Gasteiger charge is -2.16. The molecule has 31 heavy (non-hydrogen) atoms. The molecule has 4 aromatic rings. The molecule has 0 radical (unpaired) electrons. The van der Waals surface area contributed by atoms with E-state index in [2.05, 4.69) is 61.5 Å². The Balaban J connectivity index is 1.60. The average Bonchev–Trinajstić information content (AvgIpc) is 2.85. The van der Waals surface area contributed by atoms with Gasteiger partial charge >= 0.3 is 0 Å². The van der Waals surface area contributed by atoms with Gasteiger partial charge in [0.25, 0.3) is 0 Å². The Kier molecular flexibility index (Phi) is 5.24. The van der Waals surface area contributed by atoms with Gasteiger partial charge in [0.05, 0.1) is 0 Å². The number of aromatic nitrogens is 3. The van der Waals surface area contributed by atoms with E-state index in [0.29, 0.717) is 5.82 Å². The SMILES string of the molecule is Cc1ccccc1-c1nc(C2=CC=C(c3ccccc3)CC2)nc(-c2ccccc2)n1. The highest BCUT2D eigenvalue weighted by Gasteiger charge is 2.17. The van der Waals surface area contributed by atoms with Crippen molar-refractivity contribution in [3.63, 3.8) is 0 Å².